The third-order valence-corrected chi connectivity index (χ3v) is 2.88. The summed E-state index contributed by atoms with van der Waals surface area (Å²) in [5, 5.41) is 8.96. The van der Waals surface area contributed by atoms with Crippen LogP contribution in [0.25, 0.3) is 0 Å². The van der Waals surface area contributed by atoms with Crippen LogP contribution in [0, 0.1) is 0 Å². The van der Waals surface area contributed by atoms with Gasteiger partial charge < -0.3 is 14.6 Å². The molecule has 2 N–H and O–H groups in total. The van der Waals surface area contributed by atoms with Crippen molar-refractivity contribution < 1.29 is 32.3 Å². The largest absolute Gasteiger partial charge is 0.496 e. The molecule has 17 heavy (non-hydrogen) atoms. The van der Waals surface area contributed by atoms with Gasteiger partial charge in [0.2, 0.25) is 0 Å². The van der Waals surface area contributed by atoms with Crippen molar-refractivity contribution in [1.82, 2.24) is 0 Å². The van der Waals surface area contributed by atoms with Gasteiger partial charge in [-0.3, -0.25) is 4.55 Å². The Labute approximate surface area is 97.3 Å². The van der Waals surface area contributed by atoms with Gasteiger partial charge in [0, 0.05) is 0 Å². The number of carbonyl (C=O) groups is 1. The highest BCUT2D eigenvalue weighted by atomic mass is 32.2. The Morgan fingerprint density at radius 1 is 1.24 bits per heavy atom. The Morgan fingerprint density at radius 2 is 1.82 bits per heavy atom. The van der Waals surface area contributed by atoms with Crippen molar-refractivity contribution in [3.05, 3.63) is 17.7 Å². The average molecular weight is 262 g/mol. The quantitative estimate of drug-likeness (QED) is 0.766. The molecule has 0 aliphatic rings. The van der Waals surface area contributed by atoms with Crippen LogP contribution in [0.4, 0.5) is 0 Å². The molecule has 0 saturated carbocycles. The molecule has 0 atom stereocenters. The first kappa shape index (κ1) is 13.3. The Kier molecular flexibility index (Phi) is 3.59. The predicted molar refractivity (Wildman–Crippen MR) is 56.3 cm³/mol. The van der Waals surface area contributed by atoms with Crippen LogP contribution in [0.5, 0.6) is 11.5 Å². The van der Waals surface area contributed by atoms with E-state index in [1.54, 1.807) is 0 Å². The third-order valence-electron chi connectivity index (χ3n) is 2.00. The first-order chi connectivity index (χ1) is 7.82. The highest BCUT2D eigenvalue weighted by Crippen LogP contribution is 2.34. The van der Waals surface area contributed by atoms with Gasteiger partial charge in [0.15, 0.2) is 5.75 Å². The van der Waals surface area contributed by atoms with E-state index in [4.69, 9.17) is 19.1 Å². The monoisotopic (exact) mass is 262 g/mol. The molecule has 94 valence electrons. The van der Waals surface area contributed by atoms with Gasteiger partial charge in [-0.15, -0.1) is 0 Å². The molecule has 0 fully saturated rings. The maximum absolute atomic E-state index is 11.0. The highest BCUT2D eigenvalue weighted by molar-refractivity contribution is 7.86. The minimum atomic E-state index is -4.57. The number of carboxylic acids is 1. The molecule has 0 spiro atoms. The molecule has 7 nitrogen and oxygen atoms in total. The van der Waals surface area contributed by atoms with E-state index < -0.39 is 32.3 Å². The zero-order valence-corrected chi connectivity index (χ0v) is 9.82. The number of hydrogen-bond donors (Lipinski definition) is 2. The fourth-order valence-corrected chi connectivity index (χ4v) is 1.98. The van der Waals surface area contributed by atoms with E-state index in [2.05, 4.69) is 0 Å². The van der Waals surface area contributed by atoms with Crippen molar-refractivity contribution in [2.75, 3.05) is 14.2 Å². The standard InChI is InChI=1S/C9H10O7S/c1-15-5-3-4-6(17(12,13)14)8(16-2)7(5)9(10)11/h3-4H,1-2H3,(H,10,11)(H,12,13,14). The number of methoxy groups -OCH3 is 2. The summed E-state index contributed by atoms with van der Waals surface area (Å²) in [4.78, 5) is 10.4. The topological polar surface area (TPSA) is 110 Å². The number of hydrogen-bond acceptors (Lipinski definition) is 5. The van der Waals surface area contributed by atoms with E-state index in [0.717, 1.165) is 19.2 Å². The zero-order chi connectivity index (χ0) is 13.2. The molecule has 0 saturated heterocycles. The van der Waals surface area contributed by atoms with Crippen LogP contribution >= 0.6 is 0 Å². The molecule has 0 heterocycles. The van der Waals surface area contributed by atoms with Crippen molar-refractivity contribution in [3.8, 4) is 11.5 Å². The van der Waals surface area contributed by atoms with Gasteiger partial charge in [-0.05, 0) is 12.1 Å². The molecule has 0 aliphatic carbocycles. The van der Waals surface area contributed by atoms with Gasteiger partial charge in [0.25, 0.3) is 10.1 Å². The second-order valence-electron chi connectivity index (χ2n) is 2.95. The lowest BCUT2D eigenvalue weighted by Crippen LogP contribution is -2.09. The first-order valence-electron chi connectivity index (χ1n) is 4.28. The summed E-state index contributed by atoms with van der Waals surface area (Å²) in [6, 6.07) is 2.12. The van der Waals surface area contributed by atoms with E-state index >= 15 is 0 Å². The highest BCUT2D eigenvalue weighted by Gasteiger charge is 2.26. The molecule has 0 bridgehead atoms. The van der Waals surface area contributed by atoms with Gasteiger partial charge in [0.05, 0.1) is 14.2 Å². The van der Waals surface area contributed by atoms with Crippen molar-refractivity contribution in [3.63, 3.8) is 0 Å². The van der Waals surface area contributed by atoms with E-state index in [1.807, 2.05) is 0 Å². The van der Waals surface area contributed by atoms with E-state index in [9.17, 15) is 13.2 Å². The van der Waals surface area contributed by atoms with Gasteiger partial charge >= 0.3 is 5.97 Å². The summed E-state index contributed by atoms with van der Waals surface area (Å²) >= 11 is 0. The minimum absolute atomic E-state index is 0.0678. The Morgan fingerprint density at radius 3 is 2.18 bits per heavy atom. The van der Waals surface area contributed by atoms with Crippen LogP contribution in [0.2, 0.25) is 0 Å². The molecule has 0 amide bonds. The van der Waals surface area contributed by atoms with Crippen molar-refractivity contribution in [2.24, 2.45) is 0 Å². The zero-order valence-electron chi connectivity index (χ0n) is 9.00. The molecule has 0 radical (unpaired) electrons. The number of rotatable bonds is 4. The first-order valence-corrected chi connectivity index (χ1v) is 5.72. The summed E-state index contributed by atoms with van der Waals surface area (Å²) in [6.07, 6.45) is 0. The molecule has 1 aromatic carbocycles. The summed E-state index contributed by atoms with van der Waals surface area (Å²) in [6.45, 7) is 0. The normalized spacial score (nSPS) is 11.0. The van der Waals surface area contributed by atoms with Crippen LogP contribution in [0.3, 0.4) is 0 Å². The van der Waals surface area contributed by atoms with Crippen molar-refractivity contribution >= 4 is 16.1 Å². The number of benzene rings is 1. The van der Waals surface area contributed by atoms with Crippen LogP contribution in [-0.4, -0.2) is 38.3 Å². The molecular formula is C9H10O7S. The Balaban J connectivity index is 3.70. The SMILES string of the molecule is COc1ccc(S(=O)(=O)O)c(OC)c1C(=O)O. The number of aromatic carboxylic acids is 1. The average Bonchev–Trinajstić information content (AvgIpc) is 2.25. The fraction of sp³-hybridized carbons (Fsp3) is 0.222. The van der Waals surface area contributed by atoms with E-state index in [0.29, 0.717) is 0 Å². The second-order valence-corrected chi connectivity index (χ2v) is 4.34. The summed E-state index contributed by atoms with van der Waals surface area (Å²) in [5.41, 5.74) is -0.467. The van der Waals surface area contributed by atoms with E-state index in [1.165, 1.54) is 7.11 Å². The molecule has 0 aromatic heterocycles. The Hall–Kier alpha value is -1.80. The molecule has 0 unspecified atom stereocenters. The predicted octanol–water partition coefficient (Wildman–Crippen LogP) is 0.649. The minimum Gasteiger partial charge on any atom is -0.496 e. The van der Waals surface area contributed by atoms with Crippen LogP contribution in [-0.2, 0) is 10.1 Å². The van der Waals surface area contributed by atoms with Gasteiger partial charge in [0.1, 0.15) is 16.2 Å². The molecule has 8 heteroatoms. The molecular weight excluding hydrogens is 252 g/mol. The van der Waals surface area contributed by atoms with Crippen LogP contribution in [0.1, 0.15) is 10.4 Å². The number of carboxylic acid groups (broad SMARTS) is 1. The lowest BCUT2D eigenvalue weighted by molar-refractivity contribution is 0.0689. The fourth-order valence-electron chi connectivity index (χ4n) is 1.32. The summed E-state index contributed by atoms with van der Waals surface area (Å²) in [5.74, 6) is -1.97. The van der Waals surface area contributed by atoms with Gasteiger partial charge in [-0.1, -0.05) is 0 Å². The maximum Gasteiger partial charge on any atom is 0.343 e. The van der Waals surface area contributed by atoms with E-state index in [-0.39, 0.29) is 5.75 Å². The van der Waals surface area contributed by atoms with Crippen molar-refractivity contribution in [1.29, 1.82) is 0 Å². The smallest absolute Gasteiger partial charge is 0.343 e. The molecule has 1 aromatic rings. The van der Waals surface area contributed by atoms with Gasteiger partial charge in [-0.2, -0.15) is 8.42 Å². The lowest BCUT2D eigenvalue weighted by Gasteiger charge is -2.12. The summed E-state index contributed by atoms with van der Waals surface area (Å²) < 4.78 is 40.5. The summed E-state index contributed by atoms with van der Waals surface area (Å²) in [7, 11) is -2.25. The Bertz CT molecular complexity index is 547. The van der Waals surface area contributed by atoms with Crippen LogP contribution < -0.4 is 9.47 Å². The van der Waals surface area contributed by atoms with Gasteiger partial charge in [-0.25, -0.2) is 4.79 Å². The second kappa shape index (κ2) is 4.60. The van der Waals surface area contributed by atoms with Crippen LogP contribution in [0.15, 0.2) is 17.0 Å². The number of ether oxygens (including phenoxy) is 2. The van der Waals surface area contributed by atoms with Crippen molar-refractivity contribution in [2.45, 2.75) is 4.90 Å². The maximum atomic E-state index is 11.0. The third kappa shape index (κ3) is 2.48. The molecule has 0 aliphatic heterocycles. The molecule has 1 rings (SSSR count). The lowest BCUT2D eigenvalue weighted by atomic mass is 10.2.